The lowest BCUT2D eigenvalue weighted by Gasteiger charge is -2.20. The van der Waals surface area contributed by atoms with Crippen molar-refractivity contribution in [3.05, 3.63) is 48.0 Å². The second-order valence-electron chi connectivity index (χ2n) is 4.75. The molecule has 1 amide bonds. The first-order valence-corrected chi connectivity index (χ1v) is 6.48. The highest BCUT2D eigenvalue weighted by Crippen LogP contribution is 2.27. The van der Waals surface area contributed by atoms with Gasteiger partial charge < -0.3 is 10.1 Å². The molecule has 3 nitrogen and oxygen atoms in total. The van der Waals surface area contributed by atoms with Crippen LogP contribution in [0.4, 0.5) is 0 Å². The molecule has 0 spiro atoms. The molecule has 2 rings (SSSR count). The molecular formula is C16H19NO2. The maximum atomic E-state index is 12.1. The van der Waals surface area contributed by atoms with E-state index in [1.54, 1.807) is 7.05 Å². The molecule has 0 radical (unpaired) electrons. The van der Waals surface area contributed by atoms with Crippen LogP contribution in [-0.4, -0.2) is 19.1 Å². The molecule has 3 heteroatoms. The number of carbonyl (C=O) groups is 1. The van der Waals surface area contributed by atoms with Crippen molar-refractivity contribution in [3.8, 4) is 0 Å². The van der Waals surface area contributed by atoms with Crippen molar-refractivity contribution in [1.82, 2.24) is 5.32 Å². The van der Waals surface area contributed by atoms with Crippen molar-refractivity contribution in [2.24, 2.45) is 0 Å². The third-order valence-electron chi connectivity index (χ3n) is 3.00. The SMILES string of the molecule is CNC(=O)C(OC(C)C)c1cccc2ccccc12. The highest BCUT2D eigenvalue weighted by Gasteiger charge is 2.23. The normalized spacial score (nSPS) is 12.6. The Balaban J connectivity index is 2.52. The van der Waals surface area contributed by atoms with E-state index in [4.69, 9.17) is 4.74 Å². The molecule has 0 aromatic heterocycles. The van der Waals surface area contributed by atoms with Crippen LogP contribution in [-0.2, 0) is 9.53 Å². The number of nitrogens with one attached hydrogen (secondary N) is 1. The van der Waals surface area contributed by atoms with Gasteiger partial charge in [0.1, 0.15) is 0 Å². The largest absolute Gasteiger partial charge is 0.361 e. The van der Waals surface area contributed by atoms with E-state index in [9.17, 15) is 4.79 Å². The number of likely N-dealkylation sites (N-methyl/N-ethyl adjacent to an activating group) is 1. The molecule has 0 fully saturated rings. The van der Waals surface area contributed by atoms with Crippen LogP contribution in [0, 0.1) is 0 Å². The average molecular weight is 257 g/mol. The lowest BCUT2D eigenvalue weighted by Crippen LogP contribution is -2.29. The van der Waals surface area contributed by atoms with E-state index in [0.29, 0.717) is 0 Å². The molecule has 0 aliphatic rings. The predicted molar refractivity (Wildman–Crippen MR) is 77.0 cm³/mol. The van der Waals surface area contributed by atoms with Gasteiger partial charge in [-0.1, -0.05) is 42.5 Å². The first-order chi connectivity index (χ1) is 9.13. The second kappa shape index (κ2) is 5.85. The van der Waals surface area contributed by atoms with Crippen molar-refractivity contribution in [2.45, 2.75) is 26.1 Å². The fourth-order valence-corrected chi connectivity index (χ4v) is 2.16. The molecular weight excluding hydrogens is 238 g/mol. The van der Waals surface area contributed by atoms with Gasteiger partial charge in [-0.2, -0.15) is 0 Å². The highest BCUT2D eigenvalue weighted by molar-refractivity contribution is 5.92. The molecule has 0 aliphatic carbocycles. The Hall–Kier alpha value is -1.87. The first-order valence-electron chi connectivity index (χ1n) is 6.48. The summed E-state index contributed by atoms with van der Waals surface area (Å²) in [6.07, 6.45) is -0.586. The summed E-state index contributed by atoms with van der Waals surface area (Å²) in [7, 11) is 1.63. The molecule has 2 aromatic carbocycles. The summed E-state index contributed by atoms with van der Waals surface area (Å²) in [5, 5.41) is 4.84. The fourth-order valence-electron chi connectivity index (χ4n) is 2.16. The number of benzene rings is 2. The zero-order valence-electron chi connectivity index (χ0n) is 11.5. The lowest BCUT2D eigenvalue weighted by atomic mass is 10.00. The molecule has 0 heterocycles. The minimum Gasteiger partial charge on any atom is -0.361 e. The van der Waals surface area contributed by atoms with Crippen LogP contribution < -0.4 is 5.32 Å². The number of hydrogen-bond acceptors (Lipinski definition) is 2. The Morgan fingerprint density at radius 1 is 1.11 bits per heavy atom. The highest BCUT2D eigenvalue weighted by atomic mass is 16.5. The van der Waals surface area contributed by atoms with Gasteiger partial charge in [-0.05, 0) is 30.2 Å². The number of carbonyl (C=O) groups excluding carboxylic acids is 1. The van der Waals surface area contributed by atoms with E-state index < -0.39 is 6.10 Å². The minimum atomic E-state index is -0.573. The number of hydrogen-bond donors (Lipinski definition) is 1. The molecule has 2 aromatic rings. The van der Waals surface area contributed by atoms with E-state index in [1.165, 1.54) is 0 Å². The third kappa shape index (κ3) is 2.93. The second-order valence-corrected chi connectivity index (χ2v) is 4.75. The number of rotatable bonds is 4. The lowest BCUT2D eigenvalue weighted by molar-refractivity contribution is -0.135. The van der Waals surface area contributed by atoms with Gasteiger partial charge in [-0.15, -0.1) is 0 Å². The van der Waals surface area contributed by atoms with Crippen molar-refractivity contribution in [2.75, 3.05) is 7.05 Å². The smallest absolute Gasteiger partial charge is 0.253 e. The molecule has 1 N–H and O–H groups in total. The van der Waals surface area contributed by atoms with Gasteiger partial charge in [-0.3, -0.25) is 4.79 Å². The van der Waals surface area contributed by atoms with Crippen molar-refractivity contribution in [3.63, 3.8) is 0 Å². The summed E-state index contributed by atoms with van der Waals surface area (Å²) >= 11 is 0. The van der Waals surface area contributed by atoms with Gasteiger partial charge in [0.15, 0.2) is 6.10 Å². The quantitative estimate of drug-likeness (QED) is 0.914. The van der Waals surface area contributed by atoms with E-state index in [2.05, 4.69) is 5.32 Å². The van der Waals surface area contributed by atoms with Gasteiger partial charge in [0, 0.05) is 7.05 Å². The van der Waals surface area contributed by atoms with E-state index in [0.717, 1.165) is 16.3 Å². The maximum Gasteiger partial charge on any atom is 0.253 e. The topological polar surface area (TPSA) is 38.3 Å². The van der Waals surface area contributed by atoms with Crippen molar-refractivity contribution >= 4 is 16.7 Å². The monoisotopic (exact) mass is 257 g/mol. The van der Waals surface area contributed by atoms with E-state index in [1.807, 2.05) is 56.3 Å². The molecule has 100 valence electrons. The Morgan fingerprint density at radius 2 is 1.79 bits per heavy atom. The number of fused-ring (bicyclic) bond motifs is 1. The minimum absolute atomic E-state index is 0.0127. The van der Waals surface area contributed by atoms with Crippen LogP contribution in [0.2, 0.25) is 0 Å². The Labute approximate surface area is 113 Å². The van der Waals surface area contributed by atoms with Crippen LogP contribution in [0.5, 0.6) is 0 Å². The molecule has 1 unspecified atom stereocenters. The zero-order valence-corrected chi connectivity index (χ0v) is 11.5. The van der Waals surface area contributed by atoms with Crippen LogP contribution >= 0.6 is 0 Å². The zero-order chi connectivity index (χ0) is 13.8. The molecule has 1 atom stereocenters. The summed E-state index contributed by atoms with van der Waals surface area (Å²) < 4.78 is 5.79. The predicted octanol–water partition coefficient (Wildman–Crippen LogP) is 3.05. The van der Waals surface area contributed by atoms with E-state index >= 15 is 0 Å². The van der Waals surface area contributed by atoms with Gasteiger partial charge in [0.25, 0.3) is 5.91 Å². The van der Waals surface area contributed by atoms with Crippen LogP contribution in [0.25, 0.3) is 10.8 Å². The Morgan fingerprint density at radius 3 is 2.47 bits per heavy atom. The molecule has 0 saturated carbocycles. The van der Waals surface area contributed by atoms with Crippen molar-refractivity contribution < 1.29 is 9.53 Å². The third-order valence-corrected chi connectivity index (χ3v) is 3.00. The maximum absolute atomic E-state index is 12.1. The Bertz CT molecular complexity index is 572. The van der Waals surface area contributed by atoms with Crippen molar-refractivity contribution in [1.29, 1.82) is 0 Å². The average Bonchev–Trinajstić information content (AvgIpc) is 2.43. The summed E-state index contributed by atoms with van der Waals surface area (Å²) in [6, 6.07) is 14.0. The Kier molecular flexibility index (Phi) is 4.17. The molecule has 0 aliphatic heterocycles. The molecule has 0 bridgehead atoms. The summed E-state index contributed by atoms with van der Waals surface area (Å²) in [5.41, 5.74) is 0.908. The summed E-state index contributed by atoms with van der Waals surface area (Å²) in [6.45, 7) is 3.86. The van der Waals surface area contributed by atoms with Crippen LogP contribution in [0.15, 0.2) is 42.5 Å². The number of amides is 1. The van der Waals surface area contributed by atoms with E-state index in [-0.39, 0.29) is 12.0 Å². The fraction of sp³-hybridized carbons (Fsp3) is 0.312. The molecule has 19 heavy (non-hydrogen) atoms. The number of ether oxygens (including phenoxy) is 1. The van der Waals surface area contributed by atoms with Gasteiger partial charge in [0.2, 0.25) is 0 Å². The summed E-state index contributed by atoms with van der Waals surface area (Å²) in [5.74, 6) is -0.120. The first kappa shape index (κ1) is 13.6. The van der Waals surface area contributed by atoms with Crippen LogP contribution in [0.1, 0.15) is 25.5 Å². The van der Waals surface area contributed by atoms with Gasteiger partial charge in [0.05, 0.1) is 6.10 Å². The van der Waals surface area contributed by atoms with Crippen LogP contribution in [0.3, 0.4) is 0 Å². The van der Waals surface area contributed by atoms with Gasteiger partial charge >= 0.3 is 0 Å². The summed E-state index contributed by atoms with van der Waals surface area (Å²) in [4.78, 5) is 12.1. The molecule has 0 saturated heterocycles. The standard InChI is InChI=1S/C16H19NO2/c1-11(2)19-15(16(18)17-3)14-10-6-8-12-7-4-5-9-13(12)14/h4-11,15H,1-3H3,(H,17,18). The van der Waals surface area contributed by atoms with Gasteiger partial charge in [-0.25, -0.2) is 0 Å².